The minimum atomic E-state index is 0.592. The fraction of sp³-hybridized carbons (Fsp3) is 1.00. The van der Waals surface area contributed by atoms with Gasteiger partial charge < -0.3 is 9.80 Å². The van der Waals surface area contributed by atoms with Crippen molar-refractivity contribution in [1.82, 2.24) is 14.7 Å². The van der Waals surface area contributed by atoms with Crippen LogP contribution in [0.15, 0.2) is 0 Å². The van der Waals surface area contributed by atoms with Gasteiger partial charge in [0.1, 0.15) is 0 Å². The summed E-state index contributed by atoms with van der Waals surface area (Å²) in [5.41, 5.74) is 0.592. The SMILES string of the molecule is CN(C)CCN1CCN(CC2(CS)CC2)CC1. The van der Waals surface area contributed by atoms with Crippen molar-refractivity contribution in [3.05, 3.63) is 0 Å². The molecule has 4 heteroatoms. The van der Waals surface area contributed by atoms with E-state index in [1.807, 2.05) is 0 Å². The number of thiol groups is 1. The Morgan fingerprint density at radius 3 is 2.12 bits per heavy atom. The normalized spacial score (nSPS) is 25.4. The van der Waals surface area contributed by atoms with E-state index < -0.39 is 0 Å². The molecule has 0 aromatic heterocycles. The molecule has 2 rings (SSSR count). The third-order valence-corrected chi connectivity index (χ3v) is 4.85. The van der Waals surface area contributed by atoms with Crippen molar-refractivity contribution in [3.63, 3.8) is 0 Å². The van der Waals surface area contributed by atoms with E-state index in [1.54, 1.807) is 0 Å². The Labute approximate surface area is 112 Å². The molecule has 0 amide bonds. The van der Waals surface area contributed by atoms with Gasteiger partial charge in [-0.3, -0.25) is 4.90 Å². The van der Waals surface area contributed by atoms with Gasteiger partial charge in [-0.05, 0) is 38.1 Å². The highest BCUT2D eigenvalue weighted by molar-refractivity contribution is 7.80. The first-order chi connectivity index (χ1) is 8.13. The highest BCUT2D eigenvalue weighted by Crippen LogP contribution is 2.47. The van der Waals surface area contributed by atoms with Crippen LogP contribution in [-0.4, -0.2) is 80.4 Å². The van der Waals surface area contributed by atoms with Crippen LogP contribution >= 0.6 is 12.6 Å². The lowest BCUT2D eigenvalue weighted by Crippen LogP contribution is -2.49. The van der Waals surface area contributed by atoms with Crippen LogP contribution in [0, 0.1) is 5.41 Å². The smallest absolute Gasteiger partial charge is 0.0110 e. The zero-order valence-electron chi connectivity index (χ0n) is 11.4. The van der Waals surface area contributed by atoms with Gasteiger partial charge in [-0.25, -0.2) is 0 Å². The molecule has 0 radical (unpaired) electrons. The van der Waals surface area contributed by atoms with Crippen LogP contribution < -0.4 is 0 Å². The molecule has 100 valence electrons. The molecule has 0 aromatic carbocycles. The highest BCUT2D eigenvalue weighted by Gasteiger charge is 2.42. The molecule has 1 heterocycles. The summed E-state index contributed by atoms with van der Waals surface area (Å²) in [5.74, 6) is 1.08. The van der Waals surface area contributed by atoms with Crippen LogP contribution in [-0.2, 0) is 0 Å². The minimum absolute atomic E-state index is 0.592. The third kappa shape index (κ3) is 4.12. The Bertz CT molecular complexity index is 233. The predicted molar refractivity (Wildman–Crippen MR) is 77.0 cm³/mol. The van der Waals surface area contributed by atoms with Gasteiger partial charge >= 0.3 is 0 Å². The van der Waals surface area contributed by atoms with Gasteiger partial charge in [-0.15, -0.1) is 0 Å². The number of nitrogens with zero attached hydrogens (tertiary/aromatic N) is 3. The molecule has 1 saturated carbocycles. The molecule has 1 aliphatic carbocycles. The van der Waals surface area contributed by atoms with Crippen molar-refractivity contribution in [3.8, 4) is 0 Å². The van der Waals surface area contributed by atoms with Gasteiger partial charge in [0, 0.05) is 45.8 Å². The zero-order valence-corrected chi connectivity index (χ0v) is 12.3. The van der Waals surface area contributed by atoms with Crippen molar-refractivity contribution in [2.75, 3.05) is 65.7 Å². The van der Waals surface area contributed by atoms with Gasteiger partial charge in [-0.1, -0.05) is 0 Å². The van der Waals surface area contributed by atoms with Crippen LogP contribution in [0.2, 0.25) is 0 Å². The molecule has 1 saturated heterocycles. The summed E-state index contributed by atoms with van der Waals surface area (Å²) in [4.78, 5) is 7.51. The molecule has 0 N–H and O–H groups in total. The van der Waals surface area contributed by atoms with E-state index in [9.17, 15) is 0 Å². The maximum absolute atomic E-state index is 4.49. The summed E-state index contributed by atoms with van der Waals surface area (Å²) in [6.07, 6.45) is 2.80. The van der Waals surface area contributed by atoms with E-state index in [-0.39, 0.29) is 0 Å². The van der Waals surface area contributed by atoms with Crippen molar-refractivity contribution < 1.29 is 0 Å². The molecule has 0 bridgehead atoms. The summed E-state index contributed by atoms with van der Waals surface area (Å²) in [5, 5.41) is 0. The zero-order chi connectivity index (χ0) is 12.3. The number of rotatable bonds is 6. The summed E-state index contributed by atoms with van der Waals surface area (Å²) >= 11 is 4.49. The molecule has 0 spiro atoms. The monoisotopic (exact) mass is 257 g/mol. The lowest BCUT2D eigenvalue weighted by Gasteiger charge is -2.36. The van der Waals surface area contributed by atoms with E-state index in [1.165, 1.54) is 58.7 Å². The first-order valence-electron chi connectivity index (χ1n) is 6.84. The van der Waals surface area contributed by atoms with Crippen molar-refractivity contribution in [1.29, 1.82) is 0 Å². The Balaban J connectivity index is 1.64. The molecule has 17 heavy (non-hydrogen) atoms. The molecule has 0 atom stereocenters. The Morgan fingerprint density at radius 2 is 1.65 bits per heavy atom. The Kier molecular flexibility index (Phi) is 4.75. The minimum Gasteiger partial charge on any atom is -0.308 e. The van der Waals surface area contributed by atoms with Crippen molar-refractivity contribution >= 4 is 12.6 Å². The van der Waals surface area contributed by atoms with Gasteiger partial charge in [0.2, 0.25) is 0 Å². The molecule has 0 aromatic rings. The second-order valence-corrected chi connectivity index (χ2v) is 6.40. The van der Waals surface area contributed by atoms with E-state index in [4.69, 9.17) is 0 Å². The first kappa shape index (κ1) is 13.7. The number of hydrogen-bond donors (Lipinski definition) is 1. The van der Waals surface area contributed by atoms with Crippen molar-refractivity contribution in [2.24, 2.45) is 5.41 Å². The van der Waals surface area contributed by atoms with E-state index >= 15 is 0 Å². The quantitative estimate of drug-likeness (QED) is 0.708. The predicted octanol–water partition coefficient (Wildman–Crippen LogP) is 0.876. The van der Waals surface area contributed by atoms with Gasteiger partial charge in [0.05, 0.1) is 0 Å². The standard InChI is InChI=1S/C13H27N3S/c1-14(2)5-6-15-7-9-16(10-8-15)11-13(12-17)3-4-13/h17H,3-12H2,1-2H3. The van der Waals surface area contributed by atoms with Crippen molar-refractivity contribution in [2.45, 2.75) is 12.8 Å². The average molecular weight is 257 g/mol. The summed E-state index contributed by atoms with van der Waals surface area (Å²) in [6, 6.07) is 0. The topological polar surface area (TPSA) is 9.72 Å². The number of likely N-dealkylation sites (N-methyl/N-ethyl adjacent to an activating group) is 1. The average Bonchev–Trinajstić information content (AvgIpc) is 3.09. The maximum Gasteiger partial charge on any atom is 0.0110 e. The van der Waals surface area contributed by atoms with Gasteiger partial charge in [-0.2, -0.15) is 12.6 Å². The first-order valence-corrected chi connectivity index (χ1v) is 7.47. The number of piperazine rings is 1. The third-order valence-electron chi connectivity index (χ3n) is 4.18. The lowest BCUT2D eigenvalue weighted by atomic mass is 10.1. The summed E-state index contributed by atoms with van der Waals surface area (Å²) in [6.45, 7) is 8.69. The Hall–Kier alpha value is 0.230. The van der Waals surface area contributed by atoms with Gasteiger partial charge in [0.25, 0.3) is 0 Å². The Morgan fingerprint density at radius 1 is 1.06 bits per heavy atom. The summed E-state index contributed by atoms with van der Waals surface area (Å²) < 4.78 is 0. The van der Waals surface area contributed by atoms with Gasteiger partial charge in [0.15, 0.2) is 0 Å². The molecule has 1 aliphatic heterocycles. The van der Waals surface area contributed by atoms with E-state index in [2.05, 4.69) is 41.4 Å². The molecular formula is C13H27N3S. The second-order valence-electron chi connectivity index (χ2n) is 6.08. The second kappa shape index (κ2) is 5.91. The fourth-order valence-electron chi connectivity index (χ4n) is 2.53. The van der Waals surface area contributed by atoms with Crippen LogP contribution in [0.1, 0.15) is 12.8 Å². The maximum atomic E-state index is 4.49. The largest absolute Gasteiger partial charge is 0.308 e. The highest BCUT2D eigenvalue weighted by atomic mass is 32.1. The van der Waals surface area contributed by atoms with Crippen LogP contribution in [0.25, 0.3) is 0 Å². The molecular weight excluding hydrogens is 230 g/mol. The van der Waals surface area contributed by atoms with Crippen LogP contribution in [0.4, 0.5) is 0 Å². The van der Waals surface area contributed by atoms with E-state index in [0.29, 0.717) is 5.41 Å². The van der Waals surface area contributed by atoms with E-state index in [0.717, 1.165) is 5.75 Å². The lowest BCUT2D eigenvalue weighted by molar-refractivity contribution is 0.111. The fourth-order valence-corrected chi connectivity index (χ4v) is 2.95. The van der Waals surface area contributed by atoms with Crippen LogP contribution in [0.3, 0.4) is 0 Å². The molecule has 2 fully saturated rings. The van der Waals surface area contributed by atoms with Crippen LogP contribution in [0.5, 0.6) is 0 Å². The molecule has 0 unspecified atom stereocenters. The number of hydrogen-bond acceptors (Lipinski definition) is 4. The molecule has 2 aliphatic rings. The molecule has 3 nitrogen and oxygen atoms in total. The summed E-state index contributed by atoms with van der Waals surface area (Å²) in [7, 11) is 4.31.